The molecule has 0 aliphatic carbocycles. The Morgan fingerprint density at radius 3 is 2.37 bits per heavy atom. The van der Waals surface area contributed by atoms with Crippen LogP contribution in [-0.2, 0) is 10.3 Å². The minimum Gasteiger partial charge on any atom is -0.492 e. The number of non-ortho nitro benzene ring substituents is 1. The number of nitro benzene ring substituents is 1. The van der Waals surface area contributed by atoms with Crippen LogP contribution in [0.4, 0.5) is 10.5 Å². The Bertz CT molecular complexity index is 885. The van der Waals surface area contributed by atoms with Crippen LogP contribution in [0, 0.1) is 10.1 Å². The summed E-state index contributed by atoms with van der Waals surface area (Å²) in [6, 6.07) is 11.7. The highest BCUT2D eigenvalue weighted by molar-refractivity contribution is 6.30. The number of amides is 3. The van der Waals surface area contributed by atoms with Crippen LogP contribution < -0.4 is 10.1 Å². The topological polar surface area (TPSA) is 102 Å². The Morgan fingerprint density at radius 2 is 1.78 bits per heavy atom. The van der Waals surface area contributed by atoms with Crippen molar-refractivity contribution in [3.05, 3.63) is 69.2 Å². The molecule has 9 heteroatoms. The van der Waals surface area contributed by atoms with E-state index in [2.05, 4.69) is 5.32 Å². The highest BCUT2D eigenvalue weighted by Gasteiger charge is 2.48. The number of nitrogens with one attached hydrogen (secondary N) is 1. The number of halogens is 1. The van der Waals surface area contributed by atoms with Gasteiger partial charge >= 0.3 is 6.03 Å². The van der Waals surface area contributed by atoms with Crippen molar-refractivity contribution in [1.29, 1.82) is 0 Å². The lowest BCUT2D eigenvalue weighted by Crippen LogP contribution is -2.41. The molecule has 27 heavy (non-hydrogen) atoms. The number of carbonyl (C=O) groups excluding carboxylic acids is 2. The van der Waals surface area contributed by atoms with Crippen LogP contribution in [0.3, 0.4) is 0 Å². The predicted octanol–water partition coefficient (Wildman–Crippen LogP) is 3.09. The van der Waals surface area contributed by atoms with E-state index in [0.29, 0.717) is 16.3 Å². The summed E-state index contributed by atoms with van der Waals surface area (Å²) in [5, 5.41) is 14.0. The third-order valence-electron chi connectivity index (χ3n) is 4.33. The molecule has 140 valence electrons. The molecule has 0 aromatic heterocycles. The van der Waals surface area contributed by atoms with Crippen molar-refractivity contribution in [2.75, 3.05) is 13.2 Å². The summed E-state index contributed by atoms with van der Waals surface area (Å²) in [7, 11) is 0. The molecule has 1 N–H and O–H groups in total. The second kappa shape index (κ2) is 7.24. The normalized spacial score (nSPS) is 19.1. The van der Waals surface area contributed by atoms with E-state index in [0.717, 1.165) is 4.90 Å². The number of rotatable bonds is 6. The Hall–Kier alpha value is -3.13. The third kappa shape index (κ3) is 3.70. The Labute approximate surface area is 159 Å². The molecule has 0 saturated carbocycles. The van der Waals surface area contributed by atoms with Crippen LogP contribution in [-0.4, -0.2) is 34.9 Å². The SMILES string of the molecule is C[C@@]1(c2ccc([N+](=O)[O-])cc2)NC(=O)N(CCOc2ccc(Cl)cc2)C1=O. The van der Waals surface area contributed by atoms with E-state index in [9.17, 15) is 19.7 Å². The van der Waals surface area contributed by atoms with Gasteiger partial charge in [-0.1, -0.05) is 11.6 Å². The van der Waals surface area contributed by atoms with Gasteiger partial charge in [-0.2, -0.15) is 0 Å². The summed E-state index contributed by atoms with van der Waals surface area (Å²) in [5.74, 6) is 0.130. The van der Waals surface area contributed by atoms with Gasteiger partial charge < -0.3 is 10.1 Å². The quantitative estimate of drug-likeness (QED) is 0.464. The molecule has 1 aliphatic heterocycles. The van der Waals surface area contributed by atoms with Crippen LogP contribution in [0.25, 0.3) is 0 Å². The zero-order valence-electron chi connectivity index (χ0n) is 14.3. The summed E-state index contributed by atoms with van der Waals surface area (Å²) in [4.78, 5) is 36.3. The fourth-order valence-electron chi connectivity index (χ4n) is 2.80. The monoisotopic (exact) mass is 389 g/mol. The smallest absolute Gasteiger partial charge is 0.325 e. The minimum absolute atomic E-state index is 0.0653. The second-order valence-corrected chi connectivity index (χ2v) is 6.55. The lowest BCUT2D eigenvalue weighted by molar-refractivity contribution is -0.384. The van der Waals surface area contributed by atoms with Gasteiger partial charge in [-0.05, 0) is 48.9 Å². The molecule has 1 heterocycles. The van der Waals surface area contributed by atoms with E-state index >= 15 is 0 Å². The highest BCUT2D eigenvalue weighted by atomic mass is 35.5. The maximum atomic E-state index is 12.8. The number of carbonyl (C=O) groups is 2. The first-order valence-corrected chi connectivity index (χ1v) is 8.46. The molecule has 1 atom stereocenters. The Kier molecular flexibility index (Phi) is 5.00. The molecule has 0 unspecified atom stereocenters. The van der Waals surface area contributed by atoms with Crippen LogP contribution in [0.15, 0.2) is 48.5 Å². The molecule has 1 fully saturated rings. The molecular weight excluding hydrogens is 374 g/mol. The number of nitrogens with zero attached hydrogens (tertiary/aromatic N) is 2. The molecule has 0 bridgehead atoms. The van der Waals surface area contributed by atoms with Crippen molar-refractivity contribution in [2.24, 2.45) is 0 Å². The Balaban J connectivity index is 1.68. The number of urea groups is 1. The van der Waals surface area contributed by atoms with Gasteiger partial charge in [0.2, 0.25) is 0 Å². The minimum atomic E-state index is -1.29. The van der Waals surface area contributed by atoms with Crippen LogP contribution >= 0.6 is 11.6 Å². The molecular formula is C18H16ClN3O5. The fraction of sp³-hybridized carbons (Fsp3) is 0.222. The van der Waals surface area contributed by atoms with Crippen LogP contribution in [0.5, 0.6) is 5.75 Å². The van der Waals surface area contributed by atoms with E-state index < -0.39 is 22.4 Å². The third-order valence-corrected chi connectivity index (χ3v) is 4.58. The van der Waals surface area contributed by atoms with Gasteiger partial charge in [0.1, 0.15) is 17.9 Å². The summed E-state index contributed by atoms with van der Waals surface area (Å²) in [6.45, 7) is 1.75. The highest BCUT2D eigenvalue weighted by Crippen LogP contribution is 2.30. The molecule has 8 nitrogen and oxygen atoms in total. The zero-order valence-corrected chi connectivity index (χ0v) is 15.1. The van der Waals surface area contributed by atoms with Gasteiger partial charge in [0.15, 0.2) is 0 Å². The zero-order chi connectivity index (χ0) is 19.6. The van der Waals surface area contributed by atoms with E-state index in [1.54, 1.807) is 31.2 Å². The lowest BCUT2D eigenvalue weighted by atomic mass is 9.92. The number of hydrogen-bond donors (Lipinski definition) is 1. The average Bonchev–Trinajstić information content (AvgIpc) is 2.87. The van der Waals surface area contributed by atoms with Crippen molar-refractivity contribution in [3.8, 4) is 5.75 Å². The van der Waals surface area contributed by atoms with Gasteiger partial charge in [-0.25, -0.2) is 4.79 Å². The largest absolute Gasteiger partial charge is 0.492 e. The molecule has 3 amide bonds. The van der Waals surface area contributed by atoms with E-state index in [-0.39, 0.29) is 18.8 Å². The van der Waals surface area contributed by atoms with Crippen LogP contribution in [0.2, 0.25) is 5.02 Å². The molecule has 2 aromatic rings. The standard InChI is InChI=1S/C18H16ClN3O5/c1-18(12-2-6-14(7-3-12)22(25)26)16(23)21(17(24)20-18)10-11-27-15-8-4-13(19)5-9-15/h2-9H,10-11H2,1H3,(H,20,24)/t18-/m0/s1. The first-order chi connectivity index (χ1) is 12.8. The maximum absolute atomic E-state index is 12.8. The summed E-state index contributed by atoms with van der Waals surface area (Å²) < 4.78 is 5.53. The first kappa shape index (κ1) is 18.7. The first-order valence-electron chi connectivity index (χ1n) is 8.08. The number of benzene rings is 2. The summed E-state index contributed by atoms with van der Waals surface area (Å²) >= 11 is 5.81. The molecule has 0 radical (unpaired) electrons. The van der Waals surface area contributed by atoms with Gasteiger partial charge in [0.25, 0.3) is 11.6 Å². The molecule has 2 aromatic carbocycles. The van der Waals surface area contributed by atoms with Crippen molar-refractivity contribution >= 4 is 29.2 Å². The van der Waals surface area contributed by atoms with Crippen molar-refractivity contribution < 1.29 is 19.2 Å². The van der Waals surface area contributed by atoms with Crippen molar-refractivity contribution in [3.63, 3.8) is 0 Å². The van der Waals surface area contributed by atoms with E-state index in [1.807, 2.05) is 0 Å². The maximum Gasteiger partial charge on any atom is 0.325 e. The van der Waals surface area contributed by atoms with Crippen molar-refractivity contribution in [1.82, 2.24) is 10.2 Å². The van der Waals surface area contributed by atoms with Gasteiger partial charge in [-0.3, -0.25) is 19.8 Å². The average molecular weight is 390 g/mol. The number of imide groups is 1. The molecule has 1 saturated heterocycles. The van der Waals surface area contributed by atoms with Crippen LogP contribution in [0.1, 0.15) is 12.5 Å². The fourth-order valence-corrected chi connectivity index (χ4v) is 2.92. The molecule has 1 aliphatic rings. The lowest BCUT2D eigenvalue weighted by Gasteiger charge is -2.22. The number of nitro groups is 1. The van der Waals surface area contributed by atoms with Gasteiger partial charge in [0, 0.05) is 17.2 Å². The molecule has 3 rings (SSSR count). The van der Waals surface area contributed by atoms with E-state index in [1.165, 1.54) is 24.3 Å². The number of ether oxygens (including phenoxy) is 1. The predicted molar refractivity (Wildman–Crippen MR) is 97.6 cm³/mol. The van der Waals surface area contributed by atoms with Gasteiger partial charge in [0.05, 0.1) is 11.5 Å². The summed E-state index contributed by atoms with van der Waals surface area (Å²) in [6.07, 6.45) is 0. The molecule has 0 spiro atoms. The second-order valence-electron chi connectivity index (χ2n) is 6.12. The number of hydrogen-bond acceptors (Lipinski definition) is 5. The Morgan fingerprint density at radius 1 is 1.15 bits per heavy atom. The van der Waals surface area contributed by atoms with Gasteiger partial charge in [-0.15, -0.1) is 0 Å². The van der Waals surface area contributed by atoms with E-state index in [4.69, 9.17) is 16.3 Å². The summed E-state index contributed by atoms with van der Waals surface area (Å²) in [5.41, 5.74) is -0.910. The van der Waals surface area contributed by atoms with Crippen molar-refractivity contribution in [2.45, 2.75) is 12.5 Å².